The van der Waals surface area contributed by atoms with Crippen molar-refractivity contribution in [2.45, 2.75) is 13.2 Å². The quantitative estimate of drug-likeness (QED) is 0.325. The number of nitriles is 1. The molecule has 0 aromatic rings. The number of ether oxygens (including phenoxy) is 2. The van der Waals surface area contributed by atoms with E-state index in [0.29, 0.717) is 0 Å². The summed E-state index contributed by atoms with van der Waals surface area (Å²) in [5.74, 6) is 0. The topological polar surface area (TPSA) is 59.3 Å². The summed E-state index contributed by atoms with van der Waals surface area (Å²) < 4.78 is 8.29. The molecule has 0 amide bonds. The maximum absolute atomic E-state index is 9.48. The monoisotopic (exact) mass is 149 g/mol. The number of carbonyl (C=O) groups excluding carboxylic acids is 1. The van der Waals surface area contributed by atoms with Crippen LogP contribution in [0.5, 0.6) is 0 Å². The minimum atomic E-state index is -0.766. The Kier molecular flexibility index (Phi) is 8.68. The third-order valence-electron chi connectivity index (χ3n) is 0.466. The standard InChI is InChI=1S/C4H5NO3.H2S/c1-4(7-2-5)8-3-6;/h3-4H,1H3;1H2. The van der Waals surface area contributed by atoms with Gasteiger partial charge in [-0.3, -0.25) is 4.79 Å². The molecule has 1 unspecified atom stereocenters. The molecule has 0 aromatic heterocycles. The molecule has 0 spiro atoms. The van der Waals surface area contributed by atoms with E-state index in [1.54, 1.807) is 0 Å². The van der Waals surface area contributed by atoms with Crippen molar-refractivity contribution < 1.29 is 14.3 Å². The minimum Gasteiger partial charge on any atom is -0.427 e. The highest BCUT2D eigenvalue weighted by Crippen LogP contribution is 1.86. The average Bonchev–Trinajstić information content (AvgIpc) is 1.68. The zero-order chi connectivity index (χ0) is 6.41. The van der Waals surface area contributed by atoms with Crippen LogP contribution in [0, 0.1) is 11.5 Å². The molecule has 0 N–H and O–H groups in total. The summed E-state index contributed by atoms with van der Waals surface area (Å²) in [6.45, 7) is 1.67. The lowest BCUT2D eigenvalue weighted by atomic mass is 10.8. The lowest BCUT2D eigenvalue weighted by molar-refractivity contribution is -0.148. The predicted molar refractivity (Wildman–Crippen MR) is 33.7 cm³/mol. The molecule has 0 aliphatic carbocycles. The Balaban J connectivity index is 0. The average molecular weight is 149 g/mol. The van der Waals surface area contributed by atoms with Crippen LogP contribution in [-0.4, -0.2) is 12.8 Å². The van der Waals surface area contributed by atoms with E-state index >= 15 is 0 Å². The Bertz CT molecular complexity index is 111. The van der Waals surface area contributed by atoms with Crippen LogP contribution in [0.3, 0.4) is 0 Å². The summed E-state index contributed by atoms with van der Waals surface area (Å²) >= 11 is 0. The third kappa shape index (κ3) is 7.11. The Morgan fingerprint density at radius 3 is 2.67 bits per heavy atom. The van der Waals surface area contributed by atoms with Crippen LogP contribution in [0.15, 0.2) is 0 Å². The molecular formula is C4H7NO3S. The maximum Gasteiger partial charge on any atom is 0.296 e. The van der Waals surface area contributed by atoms with Gasteiger partial charge >= 0.3 is 0 Å². The summed E-state index contributed by atoms with van der Waals surface area (Å²) in [7, 11) is 0. The fourth-order valence-corrected chi connectivity index (χ4v) is 0.180. The van der Waals surface area contributed by atoms with E-state index < -0.39 is 6.29 Å². The smallest absolute Gasteiger partial charge is 0.296 e. The van der Waals surface area contributed by atoms with Gasteiger partial charge in [0.2, 0.25) is 0 Å². The number of hydrogen-bond acceptors (Lipinski definition) is 4. The van der Waals surface area contributed by atoms with E-state index in [9.17, 15) is 4.79 Å². The molecule has 5 heteroatoms. The van der Waals surface area contributed by atoms with Gasteiger partial charge in [0.05, 0.1) is 0 Å². The molecular weight excluding hydrogens is 142 g/mol. The molecule has 0 radical (unpaired) electrons. The van der Waals surface area contributed by atoms with E-state index in [0.717, 1.165) is 0 Å². The second-order valence-electron chi connectivity index (χ2n) is 1.01. The Labute approximate surface area is 59.8 Å². The molecule has 52 valence electrons. The number of carbonyl (C=O) groups is 1. The highest BCUT2D eigenvalue weighted by atomic mass is 32.1. The van der Waals surface area contributed by atoms with Gasteiger partial charge in [0.25, 0.3) is 19.0 Å². The number of nitrogens with zero attached hydrogens (tertiary/aromatic N) is 1. The lowest BCUT2D eigenvalue weighted by Crippen LogP contribution is -2.07. The van der Waals surface area contributed by atoms with E-state index in [2.05, 4.69) is 9.47 Å². The SMILES string of the molecule is CC(OC#N)OC=O.S. The molecule has 0 aliphatic heterocycles. The molecule has 0 saturated carbocycles. The normalized spacial score (nSPS) is 9.78. The van der Waals surface area contributed by atoms with Crippen LogP contribution in [0.1, 0.15) is 6.92 Å². The lowest BCUT2D eigenvalue weighted by Gasteiger charge is -2.01. The first kappa shape index (κ1) is 11.0. The van der Waals surface area contributed by atoms with Crippen molar-refractivity contribution in [2.24, 2.45) is 0 Å². The molecule has 1 atom stereocenters. The van der Waals surface area contributed by atoms with Gasteiger partial charge < -0.3 is 9.47 Å². The van der Waals surface area contributed by atoms with Crippen LogP contribution in [0.2, 0.25) is 0 Å². The predicted octanol–water partition coefficient (Wildman–Crippen LogP) is 0.116. The van der Waals surface area contributed by atoms with Gasteiger partial charge in [0, 0.05) is 6.92 Å². The van der Waals surface area contributed by atoms with Crippen LogP contribution in [-0.2, 0) is 14.3 Å². The molecule has 0 heterocycles. The summed E-state index contributed by atoms with van der Waals surface area (Å²) in [5.41, 5.74) is 0. The van der Waals surface area contributed by atoms with Gasteiger partial charge in [-0.15, -0.1) is 0 Å². The molecule has 0 aromatic carbocycles. The highest BCUT2D eigenvalue weighted by Gasteiger charge is 1.96. The number of hydrogen-bond donors (Lipinski definition) is 0. The van der Waals surface area contributed by atoms with Crippen molar-refractivity contribution in [1.29, 1.82) is 5.26 Å². The second-order valence-corrected chi connectivity index (χ2v) is 1.01. The summed E-state index contributed by atoms with van der Waals surface area (Å²) in [6, 6.07) is 0. The zero-order valence-corrected chi connectivity index (χ0v) is 5.83. The molecule has 0 saturated heterocycles. The van der Waals surface area contributed by atoms with Gasteiger partial charge in [0.1, 0.15) is 0 Å². The van der Waals surface area contributed by atoms with E-state index in [4.69, 9.17) is 5.26 Å². The molecule has 0 aliphatic rings. The molecule has 0 fully saturated rings. The van der Waals surface area contributed by atoms with Crippen molar-refractivity contribution in [3.8, 4) is 6.26 Å². The fraction of sp³-hybridized carbons (Fsp3) is 0.500. The minimum absolute atomic E-state index is 0. The van der Waals surface area contributed by atoms with Crippen LogP contribution in [0.4, 0.5) is 0 Å². The van der Waals surface area contributed by atoms with Crippen LogP contribution < -0.4 is 0 Å². The summed E-state index contributed by atoms with van der Waals surface area (Å²) in [6.07, 6.45) is 0.602. The van der Waals surface area contributed by atoms with Crippen molar-refractivity contribution in [1.82, 2.24) is 0 Å². The fourth-order valence-electron chi connectivity index (χ4n) is 0.180. The highest BCUT2D eigenvalue weighted by molar-refractivity contribution is 7.59. The van der Waals surface area contributed by atoms with Crippen LogP contribution in [0.25, 0.3) is 0 Å². The van der Waals surface area contributed by atoms with Crippen molar-refractivity contribution in [3.05, 3.63) is 0 Å². The second kappa shape index (κ2) is 7.11. The van der Waals surface area contributed by atoms with Crippen molar-refractivity contribution in [2.75, 3.05) is 0 Å². The summed E-state index contributed by atoms with van der Waals surface area (Å²) in [5, 5.41) is 7.80. The van der Waals surface area contributed by atoms with E-state index in [1.165, 1.54) is 13.2 Å². The first-order valence-corrected chi connectivity index (χ1v) is 1.95. The first-order valence-electron chi connectivity index (χ1n) is 1.95. The summed E-state index contributed by atoms with van der Waals surface area (Å²) in [4.78, 5) is 9.48. The largest absolute Gasteiger partial charge is 0.427 e. The maximum atomic E-state index is 9.48. The van der Waals surface area contributed by atoms with Gasteiger partial charge in [-0.2, -0.15) is 18.8 Å². The van der Waals surface area contributed by atoms with E-state index in [1.807, 2.05) is 0 Å². The molecule has 4 nitrogen and oxygen atoms in total. The van der Waals surface area contributed by atoms with Gasteiger partial charge in [-0.25, -0.2) is 0 Å². The van der Waals surface area contributed by atoms with E-state index in [-0.39, 0.29) is 20.0 Å². The first-order chi connectivity index (χ1) is 3.81. The Hall–Kier alpha value is -0.890. The molecule has 0 bridgehead atoms. The molecule has 9 heavy (non-hydrogen) atoms. The van der Waals surface area contributed by atoms with Crippen molar-refractivity contribution >= 4 is 20.0 Å². The third-order valence-corrected chi connectivity index (χ3v) is 0.466. The van der Waals surface area contributed by atoms with Gasteiger partial charge in [-0.05, 0) is 0 Å². The van der Waals surface area contributed by atoms with Gasteiger partial charge in [0.15, 0.2) is 0 Å². The van der Waals surface area contributed by atoms with Gasteiger partial charge in [-0.1, -0.05) is 0 Å². The van der Waals surface area contributed by atoms with Crippen LogP contribution >= 0.6 is 13.5 Å². The molecule has 0 rings (SSSR count). The Morgan fingerprint density at radius 1 is 1.78 bits per heavy atom. The van der Waals surface area contributed by atoms with Crippen molar-refractivity contribution in [3.63, 3.8) is 0 Å². The zero-order valence-electron chi connectivity index (χ0n) is 4.83. The number of rotatable bonds is 3. The Morgan fingerprint density at radius 2 is 2.33 bits per heavy atom.